The Morgan fingerprint density at radius 3 is 2.25 bits per heavy atom. The number of rotatable bonds is 3. The van der Waals surface area contributed by atoms with Crippen molar-refractivity contribution in [3.05, 3.63) is 64.2 Å². The molecule has 2 rings (SSSR count). The number of hydrogen-bond donors (Lipinski definition) is 2. The highest BCUT2D eigenvalue weighted by atomic mass is 16.4. The molecule has 0 aliphatic heterocycles. The van der Waals surface area contributed by atoms with E-state index in [0.717, 1.165) is 22.3 Å². The zero-order chi connectivity index (χ0) is 14.9. The molecule has 0 aromatic heterocycles. The number of carboxylic acid groups (broad SMARTS) is 1. The minimum atomic E-state index is -0.932. The van der Waals surface area contributed by atoms with Gasteiger partial charge in [-0.25, -0.2) is 4.79 Å². The third-order valence-corrected chi connectivity index (χ3v) is 3.60. The van der Waals surface area contributed by atoms with Gasteiger partial charge in [-0.05, 0) is 37.1 Å². The van der Waals surface area contributed by atoms with Crippen LogP contribution in [0.5, 0.6) is 5.75 Å². The quantitative estimate of drug-likeness (QED) is 0.890. The highest BCUT2D eigenvalue weighted by Gasteiger charge is 2.15. The average molecular weight is 270 g/mol. The molecule has 0 spiro atoms. The molecule has 2 aromatic rings. The Labute approximate surface area is 118 Å². The number of aryl methyl sites for hydroxylation is 2. The van der Waals surface area contributed by atoms with Gasteiger partial charge in [-0.3, -0.25) is 0 Å². The average Bonchev–Trinajstić information content (AvgIpc) is 2.42. The summed E-state index contributed by atoms with van der Waals surface area (Å²) in [6.45, 7) is 5.88. The monoisotopic (exact) mass is 270 g/mol. The van der Waals surface area contributed by atoms with Gasteiger partial charge in [0.15, 0.2) is 0 Å². The summed E-state index contributed by atoms with van der Waals surface area (Å²) in [5.74, 6) is -0.611. The molecule has 0 fully saturated rings. The molecule has 0 bridgehead atoms. The molecular formula is C17H18O3. The zero-order valence-corrected chi connectivity index (χ0v) is 11.8. The maximum Gasteiger partial charge on any atom is 0.335 e. The Bertz CT molecular complexity index is 642. The Hall–Kier alpha value is -2.29. The van der Waals surface area contributed by atoms with Gasteiger partial charge in [0.25, 0.3) is 0 Å². The van der Waals surface area contributed by atoms with Crippen molar-refractivity contribution >= 4 is 5.97 Å². The maximum absolute atomic E-state index is 10.9. The first-order valence-electron chi connectivity index (χ1n) is 6.53. The van der Waals surface area contributed by atoms with Crippen LogP contribution in [0.4, 0.5) is 0 Å². The summed E-state index contributed by atoms with van der Waals surface area (Å²) in [5, 5.41) is 19.1. The summed E-state index contributed by atoms with van der Waals surface area (Å²) >= 11 is 0. The minimum absolute atomic E-state index is 0.0106. The number of carbonyl (C=O) groups is 1. The Kier molecular flexibility index (Phi) is 3.79. The molecule has 0 saturated heterocycles. The molecular weight excluding hydrogens is 252 g/mol. The van der Waals surface area contributed by atoms with E-state index in [-0.39, 0.29) is 11.5 Å². The van der Waals surface area contributed by atoms with Gasteiger partial charge in [0, 0.05) is 11.5 Å². The summed E-state index contributed by atoms with van der Waals surface area (Å²) in [6, 6.07) is 10.7. The lowest BCUT2D eigenvalue weighted by molar-refractivity contribution is 0.0697. The first-order chi connectivity index (χ1) is 9.40. The lowest BCUT2D eigenvalue weighted by Gasteiger charge is -2.16. The van der Waals surface area contributed by atoms with Crippen molar-refractivity contribution in [2.75, 3.05) is 0 Å². The van der Waals surface area contributed by atoms with Crippen LogP contribution in [0, 0.1) is 13.8 Å². The molecule has 0 amide bonds. The second-order valence-corrected chi connectivity index (χ2v) is 5.17. The Morgan fingerprint density at radius 2 is 1.70 bits per heavy atom. The van der Waals surface area contributed by atoms with E-state index in [2.05, 4.69) is 0 Å². The van der Waals surface area contributed by atoms with Crippen LogP contribution in [0.25, 0.3) is 0 Å². The molecule has 0 saturated carbocycles. The highest BCUT2D eigenvalue weighted by Crippen LogP contribution is 2.34. The van der Waals surface area contributed by atoms with Gasteiger partial charge < -0.3 is 10.2 Å². The molecule has 20 heavy (non-hydrogen) atoms. The van der Waals surface area contributed by atoms with Crippen molar-refractivity contribution in [2.24, 2.45) is 0 Å². The summed E-state index contributed by atoms with van der Waals surface area (Å²) in [5.41, 5.74) is 4.07. The van der Waals surface area contributed by atoms with Gasteiger partial charge in [0.2, 0.25) is 0 Å². The molecule has 1 atom stereocenters. The molecule has 0 aliphatic rings. The lowest BCUT2D eigenvalue weighted by atomic mass is 9.89. The topological polar surface area (TPSA) is 57.5 Å². The summed E-state index contributed by atoms with van der Waals surface area (Å²) in [4.78, 5) is 10.9. The molecule has 0 aliphatic carbocycles. The van der Waals surface area contributed by atoms with Gasteiger partial charge >= 0.3 is 5.97 Å². The second kappa shape index (κ2) is 5.37. The molecule has 0 radical (unpaired) electrons. The standard InChI is InChI=1S/C17H18O3/c1-10-8-11(2)16(18)15(9-10)12(3)13-4-6-14(7-5-13)17(19)20/h4-9,12,18H,1-3H3,(H,19,20). The molecule has 1 unspecified atom stereocenters. The van der Waals surface area contributed by atoms with Gasteiger partial charge in [-0.15, -0.1) is 0 Å². The van der Waals surface area contributed by atoms with Crippen LogP contribution in [0.2, 0.25) is 0 Å². The van der Waals surface area contributed by atoms with E-state index in [1.807, 2.05) is 32.9 Å². The van der Waals surface area contributed by atoms with Gasteiger partial charge in [0.1, 0.15) is 5.75 Å². The van der Waals surface area contributed by atoms with Gasteiger partial charge in [0.05, 0.1) is 5.56 Å². The number of phenols is 1. The summed E-state index contributed by atoms with van der Waals surface area (Å²) in [7, 11) is 0. The van der Waals surface area contributed by atoms with Crippen molar-refractivity contribution < 1.29 is 15.0 Å². The van der Waals surface area contributed by atoms with E-state index in [1.54, 1.807) is 24.3 Å². The minimum Gasteiger partial charge on any atom is -0.507 e. The number of phenolic OH excluding ortho intramolecular Hbond substituents is 1. The fraction of sp³-hybridized carbons (Fsp3) is 0.235. The van der Waals surface area contributed by atoms with Crippen LogP contribution in [0.1, 0.15) is 45.5 Å². The van der Waals surface area contributed by atoms with Crippen LogP contribution >= 0.6 is 0 Å². The number of hydrogen-bond acceptors (Lipinski definition) is 2. The molecule has 3 heteroatoms. The van der Waals surface area contributed by atoms with Gasteiger partial charge in [-0.1, -0.05) is 36.8 Å². The van der Waals surface area contributed by atoms with Crippen molar-refractivity contribution in [2.45, 2.75) is 26.7 Å². The normalized spacial score (nSPS) is 12.2. The second-order valence-electron chi connectivity index (χ2n) is 5.17. The molecule has 2 aromatic carbocycles. The maximum atomic E-state index is 10.9. The van der Waals surface area contributed by atoms with Gasteiger partial charge in [-0.2, -0.15) is 0 Å². The molecule has 104 valence electrons. The van der Waals surface area contributed by atoms with Crippen LogP contribution in [0.15, 0.2) is 36.4 Å². The first kappa shape index (κ1) is 14.1. The lowest BCUT2D eigenvalue weighted by Crippen LogP contribution is -2.01. The Balaban J connectivity index is 2.40. The van der Waals surface area contributed by atoms with Crippen LogP contribution in [0.3, 0.4) is 0 Å². The predicted octanol–water partition coefficient (Wildman–Crippen LogP) is 3.86. The van der Waals surface area contributed by atoms with Crippen LogP contribution in [-0.2, 0) is 0 Å². The van der Waals surface area contributed by atoms with Crippen molar-refractivity contribution in [1.29, 1.82) is 0 Å². The van der Waals surface area contributed by atoms with E-state index in [4.69, 9.17) is 5.11 Å². The zero-order valence-electron chi connectivity index (χ0n) is 11.8. The van der Waals surface area contributed by atoms with E-state index < -0.39 is 5.97 Å². The number of benzene rings is 2. The molecule has 3 nitrogen and oxygen atoms in total. The van der Waals surface area contributed by atoms with Crippen LogP contribution < -0.4 is 0 Å². The van der Waals surface area contributed by atoms with Crippen molar-refractivity contribution in [3.63, 3.8) is 0 Å². The SMILES string of the molecule is Cc1cc(C)c(O)c(C(C)c2ccc(C(=O)O)cc2)c1. The third kappa shape index (κ3) is 2.67. The van der Waals surface area contributed by atoms with Crippen molar-refractivity contribution in [3.8, 4) is 5.75 Å². The fourth-order valence-corrected chi connectivity index (χ4v) is 2.42. The largest absolute Gasteiger partial charge is 0.507 e. The molecule has 0 heterocycles. The first-order valence-corrected chi connectivity index (χ1v) is 6.53. The van der Waals surface area contributed by atoms with E-state index in [1.165, 1.54) is 0 Å². The highest BCUT2D eigenvalue weighted by molar-refractivity contribution is 5.87. The van der Waals surface area contributed by atoms with E-state index >= 15 is 0 Å². The molecule has 2 N–H and O–H groups in total. The number of aromatic carboxylic acids is 1. The van der Waals surface area contributed by atoms with E-state index in [9.17, 15) is 9.90 Å². The smallest absolute Gasteiger partial charge is 0.335 e. The number of aromatic hydroxyl groups is 1. The number of carboxylic acids is 1. The summed E-state index contributed by atoms with van der Waals surface area (Å²) < 4.78 is 0. The Morgan fingerprint density at radius 1 is 1.10 bits per heavy atom. The van der Waals surface area contributed by atoms with Crippen molar-refractivity contribution in [1.82, 2.24) is 0 Å². The predicted molar refractivity (Wildman–Crippen MR) is 78.5 cm³/mol. The third-order valence-electron chi connectivity index (χ3n) is 3.60. The fourth-order valence-electron chi connectivity index (χ4n) is 2.42. The van der Waals surface area contributed by atoms with E-state index in [0.29, 0.717) is 5.75 Å². The van der Waals surface area contributed by atoms with Crippen LogP contribution in [-0.4, -0.2) is 16.2 Å². The summed E-state index contributed by atoms with van der Waals surface area (Å²) in [6.07, 6.45) is 0.